The zero-order valence-corrected chi connectivity index (χ0v) is 18.5. The highest BCUT2D eigenvalue weighted by atomic mass is 16.5. The van der Waals surface area contributed by atoms with Crippen molar-refractivity contribution in [3.05, 3.63) is 23.3 Å². The van der Waals surface area contributed by atoms with Crippen molar-refractivity contribution in [2.24, 2.45) is 29.1 Å². The molecule has 0 aromatic rings. The summed E-state index contributed by atoms with van der Waals surface area (Å²) in [5.41, 5.74) is 0.628. The molecule has 0 aromatic carbocycles. The highest BCUT2D eigenvalue weighted by Gasteiger charge is 2.63. The van der Waals surface area contributed by atoms with E-state index in [4.69, 9.17) is 4.74 Å². The molecule has 0 aromatic heterocycles. The van der Waals surface area contributed by atoms with E-state index in [-0.39, 0.29) is 35.2 Å². The molecule has 4 nitrogen and oxygen atoms in total. The fourth-order valence-corrected chi connectivity index (χ4v) is 7.28. The van der Waals surface area contributed by atoms with Gasteiger partial charge >= 0.3 is 0 Å². The Morgan fingerprint density at radius 1 is 1.28 bits per heavy atom. The molecule has 0 bridgehead atoms. The first kappa shape index (κ1) is 21.0. The van der Waals surface area contributed by atoms with Crippen molar-refractivity contribution in [2.45, 2.75) is 90.4 Å². The van der Waals surface area contributed by atoms with Crippen LogP contribution < -0.4 is 0 Å². The Kier molecular flexibility index (Phi) is 4.98. The predicted molar refractivity (Wildman–Crippen MR) is 112 cm³/mol. The molecular weight excluding hydrogens is 364 g/mol. The second kappa shape index (κ2) is 6.88. The van der Waals surface area contributed by atoms with Gasteiger partial charge in [0.05, 0.1) is 23.2 Å². The van der Waals surface area contributed by atoms with Crippen LogP contribution in [0.2, 0.25) is 0 Å². The molecule has 160 valence electrons. The van der Waals surface area contributed by atoms with E-state index in [2.05, 4.69) is 33.8 Å². The lowest BCUT2D eigenvalue weighted by Gasteiger charge is -2.45. The minimum absolute atomic E-state index is 0.00341. The van der Waals surface area contributed by atoms with Crippen molar-refractivity contribution in [1.29, 1.82) is 0 Å². The lowest BCUT2D eigenvalue weighted by Crippen LogP contribution is -2.46. The smallest absolute Gasteiger partial charge is 0.146 e. The van der Waals surface area contributed by atoms with Crippen LogP contribution in [0.1, 0.15) is 73.1 Å². The third-order valence-electron chi connectivity index (χ3n) is 8.68. The Balaban J connectivity index is 1.74. The summed E-state index contributed by atoms with van der Waals surface area (Å²) in [7, 11) is 0. The van der Waals surface area contributed by atoms with Crippen molar-refractivity contribution >= 4 is 12.1 Å². The molecule has 3 fully saturated rings. The summed E-state index contributed by atoms with van der Waals surface area (Å²) in [5.74, 6) is 0.117. The van der Waals surface area contributed by atoms with E-state index in [0.717, 1.165) is 38.4 Å². The summed E-state index contributed by atoms with van der Waals surface area (Å²) >= 11 is 0. The van der Waals surface area contributed by atoms with Crippen LogP contribution in [0.25, 0.3) is 0 Å². The fraction of sp³-hybridized carbons (Fsp3) is 0.760. The lowest BCUT2D eigenvalue weighted by molar-refractivity contribution is -0.122. The number of aldehydes is 1. The Morgan fingerprint density at radius 3 is 2.66 bits per heavy atom. The average molecular weight is 401 g/mol. The fourth-order valence-electron chi connectivity index (χ4n) is 7.28. The first-order valence-electron chi connectivity index (χ1n) is 11.3. The first-order valence-corrected chi connectivity index (χ1v) is 11.3. The van der Waals surface area contributed by atoms with Gasteiger partial charge in [0.2, 0.25) is 0 Å². The van der Waals surface area contributed by atoms with Crippen LogP contribution in [0.3, 0.4) is 0 Å². The van der Waals surface area contributed by atoms with Crippen molar-refractivity contribution in [1.82, 2.24) is 0 Å². The topological polar surface area (TPSA) is 63.6 Å². The first-order chi connectivity index (χ1) is 13.5. The van der Waals surface area contributed by atoms with Crippen molar-refractivity contribution in [3.8, 4) is 0 Å². The molecule has 1 aliphatic heterocycles. The summed E-state index contributed by atoms with van der Waals surface area (Å²) < 4.78 is 6.79. The monoisotopic (exact) mass is 400 g/mol. The van der Waals surface area contributed by atoms with Crippen LogP contribution in [0.5, 0.6) is 0 Å². The SMILES string of the molecule is CC(C)=CC1C[C@H](C)[C@]2(CC[C@]3(C)C[C@H]4[C@@H](C(=O)C[C@@]4(C)O)/C(C=O)=C\C[C@H]32)O1. The molecular formula is C25H36O4. The van der Waals surface area contributed by atoms with Gasteiger partial charge in [-0.15, -0.1) is 0 Å². The normalized spacial score (nSPS) is 51.0. The molecule has 2 saturated carbocycles. The summed E-state index contributed by atoms with van der Waals surface area (Å²) in [6.07, 6.45) is 10.0. The Bertz CT molecular complexity index is 774. The molecule has 0 amide bonds. The summed E-state index contributed by atoms with van der Waals surface area (Å²) in [6.45, 7) is 10.7. The highest BCUT2D eigenvalue weighted by molar-refractivity contribution is 5.94. The number of aliphatic hydroxyl groups is 1. The lowest BCUT2D eigenvalue weighted by atomic mass is 9.62. The molecule has 1 saturated heterocycles. The molecule has 1 unspecified atom stereocenters. The van der Waals surface area contributed by atoms with Gasteiger partial charge in [0.15, 0.2) is 0 Å². The number of fused-ring (bicyclic) bond motifs is 3. The Morgan fingerprint density at radius 2 is 2.00 bits per heavy atom. The van der Waals surface area contributed by atoms with Gasteiger partial charge in [-0.3, -0.25) is 9.59 Å². The molecule has 4 heteroatoms. The van der Waals surface area contributed by atoms with Crippen LogP contribution in [0, 0.1) is 29.1 Å². The van der Waals surface area contributed by atoms with Gasteiger partial charge in [0.25, 0.3) is 0 Å². The summed E-state index contributed by atoms with van der Waals surface area (Å²) in [5, 5.41) is 11.1. The third-order valence-corrected chi connectivity index (χ3v) is 8.68. The van der Waals surface area contributed by atoms with Gasteiger partial charge < -0.3 is 9.84 Å². The van der Waals surface area contributed by atoms with Crippen LogP contribution >= 0.6 is 0 Å². The van der Waals surface area contributed by atoms with Crippen LogP contribution in [-0.2, 0) is 14.3 Å². The van der Waals surface area contributed by atoms with Crippen LogP contribution in [-0.4, -0.2) is 34.5 Å². The van der Waals surface area contributed by atoms with E-state index < -0.39 is 11.5 Å². The average Bonchev–Trinajstić information content (AvgIpc) is 3.12. The molecule has 3 aliphatic carbocycles. The van der Waals surface area contributed by atoms with Gasteiger partial charge in [0.1, 0.15) is 12.1 Å². The molecule has 0 radical (unpaired) electrons. The second-order valence-corrected chi connectivity index (χ2v) is 11.0. The number of hydrogen-bond donors (Lipinski definition) is 1. The van der Waals surface area contributed by atoms with Crippen molar-refractivity contribution in [3.63, 3.8) is 0 Å². The Labute approximate surface area is 174 Å². The van der Waals surface area contributed by atoms with E-state index in [9.17, 15) is 14.7 Å². The maximum absolute atomic E-state index is 12.7. The van der Waals surface area contributed by atoms with Gasteiger partial charge in [0, 0.05) is 12.3 Å². The third kappa shape index (κ3) is 3.18. The minimum Gasteiger partial charge on any atom is -0.389 e. The summed E-state index contributed by atoms with van der Waals surface area (Å²) in [4.78, 5) is 24.6. The molecule has 4 aliphatic rings. The number of ketones is 1. The van der Waals surface area contributed by atoms with E-state index in [0.29, 0.717) is 17.4 Å². The molecule has 8 atom stereocenters. The number of ether oxygens (including phenoxy) is 1. The zero-order valence-electron chi connectivity index (χ0n) is 18.5. The highest BCUT2D eigenvalue weighted by Crippen LogP contribution is 2.64. The van der Waals surface area contributed by atoms with Crippen LogP contribution in [0.15, 0.2) is 23.3 Å². The van der Waals surface area contributed by atoms with E-state index in [1.165, 1.54) is 5.57 Å². The molecule has 4 rings (SSSR count). The van der Waals surface area contributed by atoms with Crippen LogP contribution in [0.4, 0.5) is 0 Å². The van der Waals surface area contributed by atoms with E-state index in [1.54, 1.807) is 6.92 Å². The molecule has 29 heavy (non-hydrogen) atoms. The minimum atomic E-state index is -1.04. The quantitative estimate of drug-likeness (QED) is 0.551. The summed E-state index contributed by atoms with van der Waals surface area (Å²) in [6, 6.07) is 0. The maximum atomic E-state index is 12.7. The predicted octanol–water partition coefficient (Wildman–Crippen LogP) is 4.41. The molecule has 1 N–H and O–H groups in total. The maximum Gasteiger partial charge on any atom is 0.146 e. The number of Topliss-reactive ketones (excluding diaryl/α,β-unsaturated/α-hetero) is 1. The number of allylic oxidation sites excluding steroid dienone is 3. The standard InChI is InChI=1S/C25H36O4/c1-15(2)10-18-11-16(3)25(29-18)9-8-23(4)12-19-22(20(27)13-24(19,5)28)17(14-26)6-7-21(23)25/h6,10,14,16,18-19,21-22,28H,7-9,11-13H2,1-5H3/b17-6-/t16-,18?,19-,21+,22-,23+,24+,25-/m0/s1. The second-order valence-electron chi connectivity index (χ2n) is 11.0. The van der Waals surface area contributed by atoms with Crippen molar-refractivity contribution in [2.75, 3.05) is 0 Å². The number of carbonyl (C=O) groups excluding carboxylic acids is 2. The van der Waals surface area contributed by atoms with Gasteiger partial charge in [-0.05, 0) is 75.7 Å². The van der Waals surface area contributed by atoms with Gasteiger partial charge in [-0.2, -0.15) is 0 Å². The van der Waals surface area contributed by atoms with E-state index in [1.807, 2.05) is 6.08 Å². The molecule has 1 heterocycles. The Hall–Kier alpha value is -1.26. The molecule has 1 spiro atoms. The zero-order chi connectivity index (χ0) is 21.2. The van der Waals surface area contributed by atoms with Crippen molar-refractivity contribution < 1.29 is 19.4 Å². The number of carbonyl (C=O) groups is 2. The van der Waals surface area contributed by atoms with Gasteiger partial charge in [-0.25, -0.2) is 0 Å². The largest absolute Gasteiger partial charge is 0.389 e. The van der Waals surface area contributed by atoms with E-state index >= 15 is 0 Å². The number of hydrogen-bond acceptors (Lipinski definition) is 4. The number of rotatable bonds is 2. The van der Waals surface area contributed by atoms with Gasteiger partial charge in [-0.1, -0.05) is 31.6 Å².